The normalized spacial score (nSPS) is 14.9. The van der Waals surface area contributed by atoms with E-state index in [2.05, 4.69) is 31.8 Å². The van der Waals surface area contributed by atoms with Gasteiger partial charge >= 0.3 is 0 Å². The Balaban J connectivity index is 4.75. The van der Waals surface area contributed by atoms with Crippen LogP contribution in [0.1, 0.15) is 34.1 Å². The first kappa shape index (κ1) is 11.9. The average Bonchev–Trinajstić information content (AvgIpc) is 2.17. The van der Waals surface area contributed by atoms with E-state index in [0.29, 0.717) is 6.54 Å². The molecule has 0 rings (SSSR count). The van der Waals surface area contributed by atoms with Gasteiger partial charge in [0, 0.05) is 0 Å². The third kappa shape index (κ3) is 3.92. The smallest absolute Gasteiger partial charge is 0.0801 e. The van der Waals surface area contributed by atoms with Crippen LogP contribution in [0.25, 0.3) is 0 Å². The molecule has 0 aliphatic heterocycles. The minimum atomic E-state index is 0.701. The molecule has 2 nitrogen and oxygen atoms in total. The van der Waals surface area contributed by atoms with E-state index in [9.17, 15) is 0 Å². The molecule has 2 heteroatoms. The van der Waals surface area contributed by atoms with Gasteiger partial charge in [0.15, 0.2) is 0 Å². The molecule has 74 valence electrons. The molecule has 0 aromatic carbocycles. The van der Waals surface area contributed by atoms with Crippen LogP contribution in [0.3, 0.4) is 0 Å². The zero-order valence-electron chi connectivity index (χ0n) is 9.09. The molecule has 0 saturated carbocycles. The van der Waals surface area contributed by atoms with E-state index >= 15 is 0 Å². The monoisotopic (exact) mass is 180 g/mol. The van der Waals surface area contributed by atoms with Gasteiger partial charge < -0.3 is 5.73 Å². The highest BCUT2D eigenvalue weighted by Crippen LogP contribution is 2.16. The first-order valence-corrected chi connectivity index (χ1v) is 4.69. The summed E-state index contributed by atoms with van der Waals surface area (Å²) in [6.45, 7) is 9.16. The molecule has 0 aliphatic carbocycles. The number of nitrogens with two attached hydrogens (primary N) is 1. The summed E-state index contributed by atoms with van der Waals surface area (Å²) in [6, 6.07) is 0. The lowest BCUT2D eigenvalue weighted by Gasteiger charge is -2.08. The van der Waals surface area contributed by atoms with Gasteiger partial charge in [-0.05, 0) is 32.8 Å². The van der Waals surface area contributed by atoms with Crippen molar-refractivity contribution in [3.63, 3.8) is 0 Å². The summed E-state index contributed by atoms with van der Waals surface area (Å²) in [4.78, 5) is 4.06. The van der Waals surface area contributed by atoms with Crippen molar-refractivity contribution in [1.82, 2.24) is 0 Å². The largest absolute Gasteiger partial charge is 0.390 e. The third-order valence-electron chi connectivity index (χ3n) is 2.31. The minimum absolute atomic E-state index is 0.701. The van der Waals surface area contributed by atoms with Crippen LogP contribution >= 0.6 is 0 Å². The Kier molecular flexibility index (Phi) is 5.94. The molecule has 13 heavy (non-hydrogen) atoms. The van der Waals surface area contributed by atoms with Gasteiger partial charge in [-0.15, -0.1) is 0 Å². The maximum atomic E-state index is 5.23. The molecule has 0 amide bonds. The molecule has 0 aromatic heterocycles. The molecule has 0 aliphatic rings. The maximum Gasteiger partial charge on any atom is 0.0801 e. The lowest BCUT2D eigenvalue weighted by atomic mass is 10.0. The Morgan fingerprint density at radius 1 is 1.38 bits per heavy atom. The van der Waals surface area contributed by atoms with Crippen molar-refractivity contribution in [1.29, 1.82) is 0 Å². The Hall–Kier alpha value is -1.05. The molecule has 0 atom stereocenters. The van der Waals surface area contributed by atoms with Crippen LogP contribution in [0, 0.1) is 0 Å². The van der Waals surface area contributed by atoms with Crippen molar-refractivity contribution >= 4 is 6.34 Å². The quantitative estimate of drug-likeness (QED) is 0.403. The SMILES string of the molecule is C/C=C(C)\C(CN=CN)=C(\C)CC. The van der Waals surface area contributed by atoms with E-state index in [4.69, 9.17) is 5.73 Å². The van der Waals surface area contributed by atoms with Gasteiger partial charge in [-0.3, -0.25) is 4.99 Å². The van der Waals surface area contributed by atoms with Crippen LogP contribution < -0.4 is 5.73 Å². The second-order valence-corrected chi connectivity index (χ2v) is 3.07. The van der Waals surface area contributed by atoms with Gasteiger partial charge in [0.05, 0.1) is 12.9 Å². The van der Waals surface area contributed by atoms with Crippen molar-refractivity contribution < 1.29 is 0 Å². The van der Waals surface area contributed by atoms with Crippen LogP contribution in [0.2, 0.25) is 0 Å². The first-order valence-electron chi connectivity index (χ1n) is 4.69. The Bertz CT molecular complexity index is 234. The molecule has 2 N–H and O–H groups in total. The van der Waals surface area contributed by atoms with Gasteiger partial charge in [0.25, 0.3) is 0 Å². The summed E-state index contributed by atoms with van der Waals surface area (Å²) in [5.74, 6) is 0. The minimum Gasteiger partial charge on any atom is -0.390 e. The predicted molar refractivity (Wildman–Crippen MR) is 60.0 cm³/mol. The Morgan fingerprint density at radius 2 is 2.00 bits per heavy atom. The van der Waals surface area contributed by atoms with E-state index in [1.54, 1.807) is 0 Å². The molecule has 0 aromatic rings. The van der Waals surface area contributed by atoms with E-state index in [-0.39, 0.29) is 0 Å². The van der Waals surface area contributed by atoms with Crippen molar-refractivity contribution in [3.8, 4) is 0 Å². The van der Waals surface area contributed by atoms with Gasteiger partial charge in [-0.2, -0.15) is 0 Å². The summed E-state index contributed by atoms with van der Waals surface area (Å²) in [5, 5.41) is 0. The highest BCUT2D eigenvalue weighted by molar-refractivity contribution is 5.52. The molecular weight excluding hydrogens is 160 g/mol. The van der Waals surface area contributed by atoms with Crippen LogP contribution in [-0.2, 0) is 0 Å². The third-order valence-corrected chi connectivity index (χ3v) is 2.31. The van der Waals surface area contributed by atoms with Gasteiger partial charge in [0.2, 0.25) is 0 Å². The van der Waals surface area contributed by atoms with E-state index in [0.717, 1.165) is 6.42 Å². The number of aliphatic imine (C=N–C) groups is 1. The fourth-order valence-corrected chi connectivity index (χ4v) is 1.13. The van der Waals surface area contributed by atoms with Crippen molar-refractivity contribution in [3.05, 3.63) is 22.8 Å². The number of hydrogen-bond donors (Lipinski definition) is 1. The molecule has 0 heterocycles. The summed E-state index contributed by atoms with van der Waals surface area (Å²) in [7, 11) is 0. The molecular formula is C11H20N2. The highest BCUT2D eigenvalue weighted by Gasteiger charge is 2.01. The van der Waals surface area contributed by atoms with Crippen LogP contribution in [0.4, 0.5) is 0 Å². The topological polar surface area (TPSA) is 38.4 Å². The van der Waals surface area contributed by atoms with E-state index in [1.807, 2.05) is 6.92 Å². The molecule has 0 fully saturated rings. The molecule has 0 saturated heterocycles. The zero-order valence-corrected chi connectivity index (χ0v) is 9.09. The van der Waals surface area contributed by atoms with Crippen LogP contribution in [0.15, 0.2) is 27.8 Å². The summed E-state index contributed by atoms with van der Waals surface area (Å²) >= 11 is 0. The standard InChI is InChI=1S/C11H20N2/c1-5-9(3)11(7-13-8-12)10(4)6-2/h5,8H,6-7H2,1-4H3,(H2,12,13)/b9-5-,11-10-. The van der Waals surface area contributed by atoms with Crippen molar-refractivity contribution in [2.24, 2.45) is 10.7 Å². The average molecular weight is 180 g/mol. The lowest BCUT2D eigenvalue weighted by molar-refractivity contribution is 1.01. The van der Waals surface area contributed by atoms with Crippen molar-refractivity contribution in [2.45, 2.75) is 34.1 Å². The zero-order chi connectivity index (χ0) is 10.3. The molecule has 0 bridgehead atoms. The number of rotatable bonds is 4. The van der Waals surface area contributed by atoms with Gasteiger partial charge in [-0.1, -0.05) is 24.1 Å². The van der Waals surface area contributed by atoms with Crippen molar-refractivity contribution in [2.75, 3.05) is 6.54 Å². The summed E-state index contributed by atoms with van der Waals surface area (Å²) in [5.41, 5.74) is 9.22. The fraction of sp³-hybridized carbons (Fsp3) is 0.545. The lowest BCUT2D eigenvalue weighted by Crippen LogP contribution is -1.98. The predicted octanol–water partition coefficient (Wildman–Crippen LogP) is 2.67. The van der Waals surface area contributed by atoms with Crippen LogP contribution in [-0.4, -0.2) is 12.9 Å². The Morgan fingerprint density at radius 3 is 2.38 bits per heavy atom. The van der Waals surface area contributed by atoms with E-state index < -0.39 is 0 Å². The molecule has 0 unspecified atom stereocenters. The summed E-state index contributed by atoms with van der Waals surface area (Å²) in [6.07, 6.45) is 4.55. The maximum absolute atomic E-state index is 5.23. The second kappa shape index (κ2) is 6.46. The first-order chi connectivity index (χ1) is 6.17. The Labute approximate surface area is 81.2 Å². The van der Waals surface area contributed by atoms with Gasteiger partial charge in [-0.25, -0.2) is 0 Å². The highest BCUT2D eigenvalue weighted by atomic mass is 14.8. The second-order valence-electron chi connectivity index (χ2n) is 3.07. The van der Waals surface area contributed by atoms with Gasteiger partial charge in [0.1, 0.15) is 0 Å². The molecule has 0 spiro atoms. The number of hydrogen-bond acceptors (Lipinski definition) is 1. The van der Waals surface area contributed by atoms with E-state index in [1.165, 1.54) is 23.1 Å². The fourth-order valence-electron chi connectivity index (χ4n) is 1.13. The number of allylic oxidation sites excluding steroid dienone is 2. The summed E-state index contributed by atoms with van der Waals surface area (Å²) < 4.78 is 0. The number of nitrogens with zero attached hydrogens (tertiary/aromatic N) is 1. The van der Waals surface area contributed by atoms with Crippen LogP contribution in [0.5, 0.6) is 0 Å². The molecule has 0 radical (unpaired) electrons.